The molecule has 1 aromatic carbocycles. The third-order valence-electron chi connectivity index (χ3n) is 3.23. The average Bonchev–Trinajstić information content (AvgIpc) is 2.99. The molecule has 0 bridgehead atoms. The van der Waals surface area contributed by atoms with E-state index in [-0.39, 0.29) is 29.7 Å². The molecule has 0 aliphatic carbocycles. The summed E-state index contributed by atoms with van der Waals surface area (Å²) in [5.41, 5.74) is 6.28. The van der Waals surface area contributed by atoms with Crippen LogP contribution in [0.4, 0.5) is 0 Å². The largest absolute Gasteiger partial charge is 0.454 e. The minimum Gasteiger partial charge on any atom is -0.454 e. The molecule has 0 atom stereocenters. The van der Waals surface area contributed by atoms with E-state index in [1.165, 1.54) is 0 Å². The fraction of sp³-hybridized carbons (Fsp3) is 0.250. The first-order valence-electron chi connectivity index (χ1n) is 7.04. The second-order valence-electron chi connectivity index (χ2n) is 5.01. The smallest absolute Gasteiger partial charge is 0.284 e. The summed E-state index contributed by atoms with van der Waals surface area (Å²) in [4.78, 5) is 17.2. The van der Waals surface area contributed by atoms with Crippen LogP contribution in [0.15, 0.2) is 45.8 Å². The standard InChI is InChI=1S/C16H19ClN4O2.HI/c1-19-16(20-9-13-7-8-14(23-13)15(18)22)21(2)10-11-3-5-12(17)6-4-11;/h3-8H,9-10H2,1-2H3,(H2,18,22)(H,19,20);1H. The predicted octanol–water partition coefficient (Wildman–Crippen LogP) is 2.86. The van der Waals surface area contributed by atoms with E-state index in [2.05, 4.69) is 10.3 Å². The van der Waals surface area contributed by atoms with E-state index < -0.39 is 5.91 Å². The van der Waals surface area contributed by atoms with E-state index in [1.807, 2.05) is 36.2 Å². The van der Waals surface area contributed by atoms with Gasteiger partial charge in [-0.3, -0.25) is 9.79 Å². The number of carbonyl (C=O) groups is 1. The molecule has 24 heavy (non-hydrogen) atoms. The molecule has 8 heteroatoms. The lowest BCUT2D eigenvalue weighted by Crippen LogP contribution is -2.37. The van der Waals surface area contributed by atoms with Gasteiger partial charge in [-0.25, -0.2) is 0 Å². The van der Waals surface area contributed by atoms with Gasteiger partial charge in [-0.1, -0.05) is 23.7 Å². The SMILES string of the molecule is CN=C(NCc1ccc(C(N)=O)o1)N(C)Cc1ccc(Cl)cc1.I. The number of nitrogens with zero attached hydrogens (tertiary/aromatic N) is 2. The van der Waals surface area contributed by atoms with Crippen molar-refractivity contribution in [2.24, 2.45) is 10.7 Å². The number of halogens is 2. The maximum absolute atomic E-state index is 11.0. The van der Waals surface area contributed by atoms with Crippen molar-refractivity contribution >= 4 is 47.4 Å². The van der Waals surface area contributed by atoms with E-state index in [1.54, 1.807) is 19.2 Å². The minimum atomic E-state index is -0.583. The third-order valence-corrected chi connectivity index (χ3v) is 3.48. The van der Waals surface area contributed by atoms with Crippen molar-refractivity contribution in [3.05, 3.63) is 58.5 Å². The molecule has 1 heterocycles. The quantitative estimate of drug-likeness (QED) is 0.407. The molecule has 1 amide bonds. The van der Waals surface area contributed by atoms with Crippen LogP contribution in [-0.4, -0.2) is 30.9 Å². The molecule has 0 aliphatic heterocycles. The van der Waals surface area contributed by atoms with Crippen molar-refractivity contribution in [3.63, 3.8) is 0 Å². The van der Waals surface area contributed by atoms with Crippen molar-refractivity contribution < 1.29 is 9.21 Å². The Labute approximate surface area is 163 Å². The molecular weight excluding hydrogens is 443 g/mol. The fourth-order valence-corrected chi connectivity index (χ4v) is 2.22. The maximum atomic E-state index is 11.0. The van der Waals surface area contributed by atoms with Crippen LogP contribution < -0.4 is 11.1 Å². The molecule has 2 rings (SSSR count). The first-order valence-corrected chi connectivity index (χ1v) is 7.42. The summed E-state index contributed by atoms with van der Waals surface area (Å²) in [5, 5.41) is 3.88. The van der Waals surface area contributed by atoms with Crippen LogP contribution in [0.1, 0.15) is 21.9 Å². The molecule has 0 aliphatic rings. The summed E-state index contributed by atoms with van der Waals surface area (Å²) in [6.07, 6.45) is 0. The predicted molar refractivity (Wildman–Crippen MR) is 106 cm³/mol. The molecule has 0 radical (unpaired) electrons. The summed E-state index contributed by atoms with van der Waals surface area (Å²) in [6.45, 7) is 1.09. The molecule has 0 unspecified atom stereocenters. The van der Waals surface area contributed by atoms with E-state index in [0.29, 0.717) is 29.8 Å². The van der Waals surface area contributed by atoms with Gasteiger partial charge in [0.2, 0.25) is 0 Å². The summed E-state index contributed by atoms with van der Waals surface area (Å²) < 4.78 is 5.33. The molecule has 3 N–H and O–H groups in total. The number of primary amides is 1. The number of carbonyl (C=O) groups excluding carboxylic acids is 1. The zero-order valence-corrected chi connectivity index (χ0v) is 16.5. The van der Waals surface area contributed by atoms with Crippen LogP contribution in [0.3, 0.4) is 0 Å². The zero-order chi connectivity index (χ0) is 16.8. The highest BCUT2D eigenvalue weighted by Crippen LogP contribution is 2.11. The monoisotopic (exact) mass is 462 g/mol. The lowest BCUT2D eigenvalue weighted by molar-refractivity contribution is 0.0972. The Morgan fingerprint density at radius 2 is 1.96 bits per heavy atom. The van der Waals surface area contributed by atoms with Crippen LogP contribution in [0, 0.1) is 0 Å². The number of hydrogen-bond donors (Lipinski definition) is 2. The lowest BCUT2D eigenvalue weighted by atomic mass is 10.2. The van der Waals surface area contributed by atoms with Crippen molar-refractivity contribution in [1.82, 2.24) is 10.2 Å². The maximum Gasteiger partial charge on any atom is 0.284 e. The number of aliphatic imine (C=N–C) groups is 1. The molecular formula is C16H20ClIN4O2. The van der Waals surface area contributed by atoms with Crippen LogP contribution in [0.2, 0.25) is 5.02 Å². The Balaban J connectivity index is 0.00000288. The van der Waals surface area contributed by atoms with E-state index >= 15 is 0 Å². The van der Waals surface area contributed by atoms with Crippen molar-refractivity contribution in [3.8, 4) is 0 Å². The van der Waals surface area contributed by atoms with E-state index in [4.69, 9.17) is 21.8 Å². The highest BCUT2D eigenvalue weighted by Gasteiger charge is 2.10. The number of furan rings is 1. The van der Waals surface area contributed by atoms with Gasteiger partial charge in [0.25, 0.3) is 5.91 Å². The highest BCUT2D eigenvalue weighted by molar-refractivity contribution is 14.0. The summed E-state index contributed by atoms with van der Waals surface area (Å²) in [6, 6.07) is 10.9. The number of nitrogens with one attached hydrogen (secondary N) is 1. The number of amides is 1. The van der Waals surface area contributed by atoms with Gasteiger partial charge in [0.15, 0.2) is 11.7 Å². The van der Waals surface area contributed by atoms with Gasteiger partial charge in [0.1, 0.15) is 5.76 Å². The number of guanidine groups is 1. The number of hydrogen-bond acceptors (Lipinski definition) is 3. The fourth-order valence-electron chi connectivity index (χ4n) is 2.09. The van der Waals surface area contributed by atoms with Crippen molar-refractivity contribution in [2.45, 2.75) is 13.1 Å². The highest BCUT2D eigenvalue weighted by atomic mass is 127. The Morgan fingerprint density at radius 1 is 1.29 bits per heavy atom. The molecule has 0 spiro atoms. The van der Waals surface area contributed by atoms with Crippen LogP contribution in [-0.2, 0) is 13.1 Å². The molecule has 1 aromatic heterocycles. The Hall–Kier alpha value is -1.74. The normalized spacial score (nSPS) is 10.9. The number of rotatable bonds is 5. The van der Waals surface area contributed by atoms with Gasteiger partial charge in [-0.2, -0.15) is 0 Å². The van der Waals surface area contributed by atoms with Crippen LogP contribution in [0.25, 0.3) is 0 Å². The van der Waals surface area contributed by atoms with Gasteiger partial charge < -0.3 is 20.4 Å². The van der Waals surface area contributed by atoms with Gasteiger partial charge in [-0.15, -0.1) is 24.0 Å². The first-order chi connectivity index (χ1) is 11.0. The van der Waals surface area contributed by atoms with Crippen LogP contribution in [0.5, 0.6) is 0 Å². The molecule has 2 aromatic rings. The zero-order valence-electron chi connectivity index (χ0n) is 13.5. The molecule has 0 saturated heterocycles. The third kappa shape index (κ3) is 5.72. The Bertz CT molecular complexity index is 700. The van der Waals surface area contributed by atoms with Gasteiger partial charge in [0.05, 0.1) is 6.54 Å². The van der Waals surface area contributed by atoms with Crippen LogP contribution >= 0.6 is 35.6 Å². The Morgan fingerprint density at radius 3 is 2.50 bits per heavy atom. The van der Waals surface area contributed by atoms with E-state index in [0.717, 1.165) is 5.56 Å². The minimum absolute atomic E-state index is 0. The molecule has 6 nitrogen and oxygen atoms in total. The molecule has 0 saturated carbocycles. The number of nitrogens with two attached hydrogens (primary N) is 1. The molecule has 130 valence electrons. The average molecular weight is 463 g/mol. The van der Waals surface area contributed by atoms with E-state index in [9.17, 15) is 4.79 Å². The Kier molecular flexibility index (Phi) is 8.06. The van der Waals surface area contributed by atoms with Gasteiger partial charge in [-0.05, 0) is 29.8 Å². The van der Waals surface area contributed by atoms with Gasteiger partial charge >= 0.3 is 0 Å². The van der Waals surface area contributed by atoms with Crippen molar-refractivity contribution in [1.29, 1.82) is 0 Å². The second kappa shape index (κ2) is 9.53. The lowest BCUT2D eigenvalue weighted by Gasteiger charge is -2.21. The second-order valence-corrected chi connectivity index (χ2v) is 5.45. The van der Waals surface area contributed by atoms with Gasteiger partial charge in [0, 0.05) is 25.7 Å². The first kappa shape index (κ1) is 20.3. The topological polar surface area (TPSA) is 83.9 Å². The summed E-state index contributed by atoms with van der Waals surface area (Å²) >= 11 is 5.89. The molecule has 0 fully saturated rings. The van der Waals surface area contributed by atoms with Crippen molar-refractivity contribution in [2.75, 3.05) is 14.1 Å². The summed E-state index contributed by atoms with van der Waals surface area (Å²) in [7, 11) is 3.64. The number of benzene rings is 1. The summed E-state index contributed by atoms with van der Waals surface area (Å²) in [5.74, 6) is 0.878.